The fourth-order valence-corrected chi connectivity index (χ4v) is 5.34. The van der Waals surface area contributed by atoms with Crippen molar-refractivity contribution in [2.24, 2.45) is 0 Å². The molecule has 0 spiro atoms. The Balaban J connectivity index is 0.000000813. The summed E-state index contributed by atoms with van der Waals surface area (Å²) in [6.45, 7) is -0.782. The molecule has 0 aromatic rings. The van der Waals surface area contributed by atoms with Gasteiger partial charge in [-0.05, 0) is 6.42 Å². The van der Waals surface area contributed by atoms with Gasteiger partial charge < -0.3 is 75.5 Å². The highest BCUT2D eigenvalue weighted by molar-refractivity contribution is 5.66. The van der Waals surface area contributed by atoms with Gasteiger partial charge >= 0.3 is 5.97 Å². The molecule has 0 aromatic carbocycles. The molecule has 0 aliphatic carbocycles. The van der Waals surface area contributed by atoms with Crippen LogP contribution in [0.4, 0.5) is 0 Å². The minimum absolute atomic E-state index is 0.345. The van der Waals surface area contributed by atoms with Gasteiger partial charge in [0.25, 0.3) is 0 Å². The van der Waals surface area contributed by atoms with E-state index >= 15 is 0 Å². The Morgan fingerprint density at radius 1 is 0.653 bits per heavy atom. The molecule has 16 nitrogen and oxygen atoms in total. The molecule has 2 fully saturated rings. The third-order valence-corrected chi connectivity index (χ3v) is 8.49. The van der Waals surface area contributed by atoms with Gasteiger partial charge in [-0.2, -0.15) is 0 Å². The first kappa shape index (κ1) is 47.9. The zero-order valence-electron chi connectivity index (χ0n) is 29.0. The van der Waals surface area contributed by atoms with Crippen LogP contribution in [0.5, 0.6) is 0 Å². The summed E-state index contributed by atoms with van der Waals surface area (Å²) in [6.07, 6.45) is 6.59. The van der Waals surface area contributed by atoms with Gasteiger partial charge in [0.05, 0.1) is 26.4 Å². The Morgan fingerprint density at radius 2 is 1.10 bits per heavy atom. The Labute approximate surface area is 289 Å². The first-order valence-electron chi connectivity index (χ1n) is 17.7. The highest BCUT2D eigenvalue weighted by atomic mass is 16.8. The van der Waals surface area contributed by atoms with Gasteiger partial charge in [-0.25, -0.2) is 0 Å². The second-order valence-electron chi connectivity index (χ2n) is 12.7. The van der Waals surface area contributed by atoms with Crippen molar-refractivity contribution >= 4 is 5.97 Å². The molecular formula is C33H66O16. The van der Waals surface area contributed by atoms with Gasteiger partial charge in [-0.3, -0.25) is 4.79 Å². The van der Waals surface area contributed by atoms with Crippen LogP contribution in [0.1, 0.15) is 110 Å². The van der Waals surface area contributed by atoms with E-state index in [1.165, 1.54) is 83.5 Å². The van der Waals surface area contributed by atoms with Crippen LogP contribution in [0.2, 0.25) is 0 Å². The SMILES string of the molecule is CCCCCCCCCCCCCCCCCC(=O)O.OCC(O)CO.OC[C@H]1O[C@@](CO)(O[C@H]2O[C@H](CO)[C@@H](O)[C@H](O)[C@H]2O)[C@@H](O)[C@@H]1O. The van der Waals surface area contributed by atoms with Crippen LogP contribution in [-0.4, -0.2) is 161 Å². The molecule has 0 aromatic heterocycles. The first-order chi connectivity index (χ1) is 23.4. The predicted octanol–water partition coefficient (Wildman–Crippen LogP) is -0.731. The predicted molar refractivity (Wildman–Crippen MR) is 176 cm³/mol. The van der Waals surface area contributed by atoms with Crippen LogP contribution >= 0.6 is 0 Å². The van der Waals surface area contributed by atoms with Crippen LogP contribution in [0.15, 0.2) is 0 Å². The van der Waals surface area contributed by atoms with E-state index in [-0.39, 0.29) is 13.2 Å². The molecule has 49 heavy (non-hydrogen) atoms. The van der Waals surface area contributed by atoms with Crippen molar-refractivity contribution < 1.29 is 80.3 Å². The topological polar surface area (TPSA) is 288 Å². The Kier molecular flexibility index (Phi) is 27.9. The number of rotatable bonds is 23. The number of aliphatic carboxylic acids is 1. The lowest BCUT2D eigenvalue weighted by Gasteiger charge is -2.43. The van der Waals surface area contributed by atoms with Gasteiger partial charge in [0.15, 0.2) is 6.29 Å². The maximum Gasteiger partial charge on any atom is 0.303 e. The smallest absolute Gasteiger partial charge is 0.303 e. The Morgan fingerprint density at radius 3 is 1.45 bits per heavy atom. The lowest BCUT2D eigenvalue weighted by Crippen LogP contribution is -2.62. The van der Waals surface area contributed by atoms with E-state index in [0.29, 0.717) is 6.42 Å². The van der Waals surface area contributed by atoms with Crippen LogP contribution in [0.25, 0.3) is 0 Å². The number of hydrogen-bond donors (Lipinski definition) is 12. The molecule has 0 amide bonds. The Hall–Kier alpha value is -1.09. The molecule has 2 rings (SSSR count). The zero-order valence-corrected chi connectivity index (χ0v) is 29.0. The number of carboxylic acid groups (broad SMARTS) is 1. The van der Waals surface area contributed by atoms with Gasteiger partial charge in [0.1, 0.15) is 55.4 Å². The molecular weight excluding hydrogens is 652 g/mol. The molecule has 0 unspecified atom stereocenters. The maximum absolute atomic E-state index is 10.3. The number of unbranched alkanes of at least 4 members (excludes halogenated alkanes) is 14. The van der Waals surface area contributed by atoms with Crippen molar-refractivity contribution in [3.8, 4) is 0 Å². The van der Waals surface area contributed by atoms with Crippen LogP contribution in [0.3, 0.4) is 0 Å². The van der Waals surface area contributed by atoms with Crippen LogP contribution in [0, 0.1) is 0 Å². The van der Waals surface area contributed by atoms with Gasteiger partial charge in [-0.15, -0.1) is 0 Å². The molecule has 0 bridgehead atoms. The van der Waals surface area contributed by atoms with E-state index < -0.39 is 86.7 Å². The summed E-state index contributed by atoms with van der Waals surface area (Å²) in [5, 5.41) is 109. The van der Waals surface area contributed by atoms with Crippen molar-refractivity contribution in [3.05, 3.63) is 0 Å². The number of aliphatic hydroxyl groups is 11. The van der Waals surface area contributed by atoms with E-state index in [9.17, 15) is 35.4 Å². The van der Waals surface area contributed by atoms with Gasteiger partial charge in [0, 0.05) is 6.42 Å². The van der Waals surface area contributed by atoms with Gasteiger partial charge in [-0.1, -0.05) is 96.8 Å². The quantitative estimate of drug-likeness (QED) is 0.0580. The summed E-state index contributed by atoms with van der Waals surface area (Å²) in [7, 11) is 0. The lowest BCUT2D eigenvalue weighted by atomic mass is 9.99. The van der Waals surface area contributed by atoms with Crippen LogP contribution in [-0.2, 0) is 19.0 Å². The molecule has 12 N–H and O–H groups in total. The second kappa shape index (κ2) is 28.5. The van der Waals surface area contributed by atoms with Crippen molar-refractivity contribution in [3.63, 3.8) is 0 Å². The van der Waals surface area contributed by atoms with E-state index in [1.54, 1.807) is 0 Å². The summed E-state index contributed by atoms with van der Waals surface area (Å²) in [5.41, 5.74) is 0. The minimum Gasteiger partial charge on any atom is -0.481 e. The fourth-order valence-electron chi connectivity index (χ4n) is 5.34. The lowest BCUT2D eigenvalue weighted by molar-refractivity contribution is -0.383. The zero-order chi connectivity index (χ0) is 37.2. The largest absolute Gasteiger partial charge is 0.481 e. The standard InChI is InChI=1S/C18H36O2.C12H22O11.C3H8O3/c1-2-3-4-5-6-7-8-9-10-11-12-13-14-15-16-17-18(19)20;13-1-4-6(16)8(18)9(19)11(21-4)23-12(3-15)10(20)7(17)5(2-14)22-12;4-1-3(6)2-5/h2-17H2,1H3,(H,19,20);4-11,13-20H,1-3H2;3-6H,1-2H2/t;4-,5-,6-,7-,8+,9-,10+,11-,12+;/m.1./s1. The number of aliphatic hydroxyl groups excluding tert-OH is 11. The minimum atomic E-state index is -2.22. The fraction of sp³-hybridized carbons (Fsp3) is 0.970. The summed E-state index contributed by atoms with van der Waals surface area (Å²) < 4.78 is 15.4. The average Bonchev–Trinajstić information content (AvgIpc) is 3.35. The van der Waals surface area contributed by atoms with E-state index in [2.05, 4.69) is 6.92 Å². The number of carbonyl (C=O) groups is 1. The number of carboxylic acids is 1. The molecule has 16 heteroatoms. The van der Waals surface area contributed by atoms with E-state index in [1.807, 2.05) is 0 Å². The average molecular weight is 719 g/mol. The van der Waals surface area contributed by atoms with E-state index in [0.717, 1.165) is 12.8 Å². The highest BCUT2D eigenvalue weighted by Crippen LogP contribution is 2.35. The van der Waals surface area contributed by atoms with Crippen molar-refractivity contribution in [2.75, 3.05) is 33.0 Å². The van der Waals surface area contributed by atoms with Crippen LogP contribution < -0.4 is 0 Å². The van der Waals surface area contributed by atoms with Crippen molar-refractivity contribution in [2.45, 2.75) is 171 Å². The molecule has 9 atom stereocenters. The summed E-state index contributed by atoms with van der Waals surface area (Å²) in [4.78, 5) is 10.3. The molecule has 2 saturated heterocycles. The molecule has 2 aliphatic rings. The summed E-state index contributed by atoms with van der Waals surface area (Å²) in [5.74, 6) is -2.87. The third-order valence-electron chi connectivity index (χ3n) is 8.49. The van der Waals surface area contributed by atoms with E-state index in [4.69, 9.17) is 44.8 Å². The summed E-state index contributed by atoms with van der Waals surface area (Å²) >= 11 is 0. The molecule has 2 aliphatic heterocycles. The number of hydrogen-bond acceptors (Lipinski definition) is 15. The second-order valence-corrected chi connectivity index (χ2v) is 12.7. The van der Waals surface area contributed by atoms with Gasteiger partial charge in [0.2, 0.25) is 5.79 Å². The Bertz CT molecular complexity index is 788. The monoisotopic (exact) mass is 718 g/mol. The normalized spacial score (nSPS) is 29.7. The maximum atomic E-state index is 10.3. The third kappa shape index (κ3) is 18.8. The molecule has 0 saturated carbocycles. The summed E-state index contributed by atoms with van der Waals surface area (Å²) in [6, 6.07) is 0. The molecule has 2 heterocycles. The molecule has 0 radical (unpaired) electrons. The first-order valence-corrected chi connectivity index (χ1v) is 17.7. The number of ether oxygens (including phenoxy) is 3. The van der Waals surface area contributed by atoms with Crippen molar-refractivity contribution in [1.82, 2.24) is 0 Å². The molecule has 294 valence electrons. The highest BCUT2D eigenvalue weighted by Gasteiger charge is 2.58. The van der Waals surface area contributed by atoms with Crippen molar-refractivity contribution in [1.29, 1.82) is 0 Å².